The number of piperazine rings is 1. The van der Waals surface area contributed by atoms with E-state index in [-0.39, 0.29) is 11.8 Å². The smallest absolute Gasteiger partial charge is 0.255 e. The van der Waals surface area contributed by atoms with E-state index in [0.29, 0.717) is 52.0 Å². The fourth-order valence-corrected chi connectivity index (χ4v) is 4.17. The number of aryl methyl sites for hydroxylation is 1. The van der Waals surface area contributed by atoms with Crippen LogP contribution in [0, 0.1) is 13.8 Å². The van der Waals surface area contributed by atoms with Crippen molar-refractivity contribution in [1.29, 1.82) is 0 Å². The van der Waals surface area contributed by atoms with Crippen LogP contribution in [-0.2, 0) is 9.53 Å². The Kier molecular flexibility index (Phi) is 6.22. The van der Waals surface area contributed by atoms with E-state index in [1.165, 1.54) is 0 Å². The Morgan fingerprint density at radius 3 is 2.15 bits per heavy atom. The molecule has 7 heteroatoms. The van der Waals surface area contributed by atoms with Crippen molar-refractivity contribution < 1.29 is 14.3 Å². The Bertz CT molecular complexity index is 684. The summed E-state index contributed by atoms with van der Waals surface area (Å²) in [5.41, 5.74) is 2.93. The van der Waals surface area contributed by atoms with Crippen LogP contribution in [0.2, 0.25) is 0 Å². The van der Waals surface area contributed by atoms with Crippen molar-refractivity contribution in [2.24, 2.45) is 0 Å². The first-order valence-electron chi connectivity index (χ1n) is 9.94. The number of hydrogen-bond donors (Lipinski definition) is 0. The minimum Gasteiger partial charge on any atom is -0.379 e. The van der Waals surface area contributed by atoms with Crippen molar-refractivity contribution >= 4 is 11.8 Å². The van der Waals surface area contributed by atoms with Crippen LogP contribution in [0.1, 0.15) is 41.6 Å². The van der Waals surface area contributed by atoms with E-state index in [0.717, 1.165) is 30.0 Å². The van der Waals surface area contributed by atoms with Crippen LogP contribution in [0.25, 0.3) is 0 Å². The van der Waals surface area contributed by atoms with Crippen LogP contribution >= 0.6 is 0 Å². The van der Waals surface area contributed by atoms with Crippen LogP contribution < -0.4 is 0 Å². The molecule has 0 bridgehead atoms. The van der Waals surface area contributed by atoms with Crippen molar-refractivity contribution in [1.82, 2.24) is 19.3 Å². The molecule has 0 N–H and O–H groups in total. The zero-order valence-electron chi connectivity index (χ0n) is 17.0. The average molecular weight is 377 g/mol. The molecule has 0 atom stereocenters. The summed E-state index contributed by atoms with van der Waals surface area (Å²) in [6, 6.07) is 2.33. The largest absolute Gasteiger partial charge is 0.379 e. The van der Waals surface area contributed by atoms with E-state index >= 15 is 0 Å². The maximum absolute atomic E-state index is 13.0. The third kappa shape index (κ3) is 4.35. The van der Waals surface area contributed by atoms with Gasteiger partial charge in [0.25, 0.3) is 5.91 Å². The highest BCUT2D eigenvalue weighted by Crippen LogP contribution is 2.22. The number of morpholine rings is 1. The molecule has 2 amide bonds. The second-order valence-electron chi connectivity index (χ2n) is 7.81. The molecule has 1 aromatic rings. The molecule has 3 heterocycles. The SMILES string of the molecule is Cc1cc(C(=O)N2CCN(C(=O)CN3CCOCC3)CC2)c(C)n1C(C)C. The maximum Gasteiger partial charge on any atom is 0.255 e. The summed E-state index contributed by atoms with van der Waals surface area (Å²) in [7, 11) is 0. The van der Waals surface area contributed by atoms with Crippen LogP contribution in [0.3, 0.4) is 0 Å². The number of aromatic nitrogens is 1. The van der Waals surface area contributed by atoms with Crippen molar-refractivity contribution in [3.05, 3.63) is 23.0 Å². The van der Waals surface area contributed by atoms with E-state index in [9.17, 15) is 9.59 Å². The summed E-state index contributed by atoms with van der Waals surface area (Å²) in [4.78, 5) is 31.4. The third-order valence-corrected chi connectivity index (χ3v) is 5.61. The van der Waals surface area contributed by atoms with Gasteiger partial charge in [0.15, 0.2) is 0 Å². The van der Waals surface area contributed by atoms with Crippen molar-refractivity contribution in [2.45, 2.75) is 33.7 Å². The monoisotopic (exact) mass is 376 g/mol. The quantitative estimate of drug-likeness (QED) is 0.795. The fourth-order valence-electron chi connectivity index (χ4n) is 4.17. The third-order valence-electron chi connectivity index (χ3n) is 5.61. The topological polar surface area (TPSA) is 58.0 Å². The molecule has 0 unspecified atom stereocenters. The van der Waals surface area contributed by atoms with Crippen LogP contribution in [-0.4, -0.2) is 90.1 Å². The fraction of sp³-hybridized carbons (Fsp3) is 0.700. The minimum absolute atomic E-state index is 0.0790. The number of carbonyl (C=O) groups is 2. The lowest BCUT2D eigenvalue weighted by Crippen LogP contribution is -2.53. The van der Waals surface area contributed by atoms with Gasteiger partial charge in [-0.3, -0.25) is 14.5 Å². The molecule has 0 aliphatic carbocycles. The molecular formula is C20H32N4O3. The van der Waals surface area contributed by atoms with E-state index < -0.39 is 0 Å². The van der Waals surface area contributed by atoms with Gasteiger partial charge >= 0.3 is 0 Å². The number of amides is 2. The van der Waals surface area contributed by atoms with Crippen LogP contribution in [0.5, 0.6) is 0 Å². The summed E-state index contributed by atoms with van der Waals surface area (Å²) in [6.45, 7) is 14.2. The van der Waals surface area contributed by atoms with Gasteiger partial charge in [-0.1, -0.05) is 0 Å². The molecule has 7 nitrogen and oxygen atoms in total. The lowest BCUT2D eigenvalue weighted by molar-refractivity contribution is -0.134. The summed E-state index contributed by atoms with van der Waals surface area (Å²) in [5.74, 6) is 0.234. The van der Waals surface area contributed by atoms with Crippen molar-refractivity contribution in [3.8, 4) is 0 Å². The predicted molar refractivity (Wildman–Crippen MR) is 104 cm³/mol. The van der Waals surface area contributed by atoms with Crippen LogP contribution in [0.15, 0.2) is 6.07 Å². The Labute approximate surface area is 161 Å². The van der Waals surface area contributed by atoms with Crippen molar-refractivity contribution in [2.75, 3.05) is 59.0 Å². The van der Waals surface area contributed by atoms with Gasteiger partial charge in [-0.15, -0.1) is 0 Å². The number of hydrogen-bond acceptors (Lipinski definition) is 4. The predicted octanol–water partition coefficient (Wildman–Crippen LogP) is 1.30. The van der Waals surface area contributed by atoms with Crippen molar-refractivity contribution in [3.63, 3.8) is 0 Å². The molecular weight excluding hydrogens is 344 g/mol. The second-order valence-corrected chi connectivity index (χ2v) is 7.81. The van der Waals surface area contributed by atoms with Gasteiger partial charge in [-0.2, -0.15) is 0 Å². The normalized spacial score (nSPS) is 19.0. The Balaban J connectivity index is 1.56. The van der Waals surface area contributed by atoms with E-state index in [1.807, 2.05) is 29.7 Å². The molecule has 0 spiro atoms. The standard InChI is InChI=1S/C20H32N4O3/c1-15(2)24-16(3)13-18(17(24)4)20(26)23-7-5-22(6-8-23)19(25)14-21-9-11-27-12-10-21/h13,15H,5-12,14H2,1-4H3. The molecule has 0 aromatic carbocycles. The highest BCUT2D eigenvalue weighted by atomic mass is 16.5. The van der Waals surface area contributed by atoms with Gasteiger partial charge < -0.3 is 19.1 Å². The van der Waals surface area contributed by atoms with Gasteiger partial charge in [0, 0.05) is 56.7 Å². The molecule has 0 radical (unpaired) electrons. The molecule has 1 aromatic heterocycles. The molecule has 3 rings (SSSR count). The van der Waals surface area contributed by atoms with E-state index in [2.05, 4.69) is 23.3 Å². The molecule has 150 valence electrons. The van der Waals surface area contributed by atoms with Gasteiger partial charge in [0.1, 0.15) is 0 Å². The lowest BCUT2D eigenvalue weighted by Gasteiger charge is -2.36. The Morgan fingerprint density at radius 2 is 1.59 bits per heavy atom. The van der Waals surface area contributed by atoms with Gasteiger partial charge in [0.05, 0.1) is 25.3 Å². The van der Waals surface area contributed by atoms with E-state index in [1.54, 1.807) is 0 Å². The highest BCUT2D eigenvalue weighted by molar-refractivity contribution is 5.96. The maximum atomic E-state index is 13.0. The zero-order valence-corrected chi connectivity index (χ0v) is 17.0. The minimum atomic E-state index is 0.0790. The highest BCUT2D eigenvalue weighted by Gasteiger charge is 2.28. The molecule has 2 aliphatic rings. The molecule has 2 saturated heterocycles. The lowest BCUT2D eigenvalue weighted by atomic mass is 10.2. The van der Waals surface area contributed by atoms with Gasteiger partial charge in [-0.25, -0.2) is 0 Å². The first-order valence-corrected chi connectivity index (χ1v) is 9.94. The van der Waals surface area contributed by atoms with E-state index in [4.69, 9.17) is 4.74 Å². The number of carbonyl (C=O) groups excluding carboxylic acids is 2. The number of ether oxygens (including phenoxy) is 1. The molecule has 2 aliphatic heterocycles. The molecule has 2 fully saturated rings. The zero-order chi connectivity index (χ0) is 19.6. The molecule has 27 heavy (non-hydrogen) atoms. The Morgan fingerprint density at radius 1 is 1.00 bits per heavy atom. The first kappa shape index (κ1) is 19.9. The first-order chi connectivity index (χ1) is 12.9. The van der Waals surface area contributed by atoms with Crippen LogP contribution in [0.4, 0.5) is 0 Å². The number of rotatable bonds is 4. The summed E-state index contributed by atoms with van der Waals surface area (Å²) in [6.07, 6.45) is 0. The summed E-state index contributed by atoms with van der Waals surface area (Å²) >= 11 is 0. The second kappa shape index (κ2) is 8.44. The van der Waals surface area contributed by atoms with Gasteiger partial charge in [-0.05, 0) is 33.8 Å². The van der Waals surface area contributed by atoms with Gasteiger partial charge in [0.2, 0.25) is 5.91 Å². The summed E-state index contributed by atoms with van der Waals surface area (Å²) < 4.78 is 7.53. The number of nitrogens with zero attached hydrogens (tertiary/aromatic N) is 4. The molecule has 0 saturated carbocycles. The average Bonchev–Trinajstić information content (AvgIpc) is 2.96. The summed E-state index contributed by atoms with van der Waals surface area (Å²) in [5, 5.41) is 0. The Hall–Kier alpha value is -1.86.